The Morgan fingerprint density at radius 1 is 1.30 bits per heavy atom. The Morgan fingerprint density at radius 2 is 1.95 bits per heavy atom. The van der Waals surface area contributed by atoms with Crippen molar-refractivity contribution in [3.8, 4) is 5.75 Å². The number of para-hydroxylation sites is 1. The van der Waals surface area contributed by atoms with E-state index < -0.39 is 18.0 Å². The van der Waals surface area contributed by atoms with Gasteiger partial charge in [-0.15, -0.1) is 0 Å². The second-order valence-electron chi connectivity index (χ2n) is 4.35. The van der Waals surface area contributed by atoms with E-state index in [4.69, 9.17) is 9.47 Å². The maximum atomic E-state index is 11.5. The van der Waals surface area contributed by atoms with E-state index in [2.05, 4.69) is 6.58 Å². The molecule has 1 rings (SSSR count). The van der Waals surface area contributed by atoms with Crippen LogP contribution in [0.4, 0.5) is 0 Å². The second kappa shape index (κ2) is 8.12. The third-order valence-corrected chi connectivity index (χ3v) is 2.41. The smallest absolute Gasteiger partial charge is 0.333 e. The summed E-state index contributed by atoms with van der Waals surface area (Å²) < 4.78 is 9.85. The second-order valence-corrected chi connectivity index (χ2v) is 4.35. The summed E-state index contributed by atoms with van der Waals surface area (Å²) in [5.41, 5.74) is 0.294. The van der Waals surface area contributed by atoms with Crippen LogP contribution in [0.25, 0.3) is 0 Å². The van der Waals surface area contributed by atoms with E-state index in [-0.39, 0.29) is 19.4 Å². The summed E-state index contributed by atoms with van der Waals surface area (Å²) in [4.78, 5) is 22.6. The molecule has 1 N–H and O–H groups in total. The number of carbonyl (C=O) groups excluding carboxylic acids is 2. The molecule has 0 saturated heterocycles. The number of rotatable bonds is 7. The molecule has 5 nitrogen and oxygen atoms in total. The van der Waals surface area contributed by atoms with Crippen LogP contribution >= 0.6 is 0 Å². The van der Waals surface area contributed by atoms with Crippen LogP contribution in [0.15, 0.2) is 42.5 Å². The molecule has 1 aromatic carbocycles. The first-order valence-electron chi connectivity index (χ1n) is 6.25. The van der Waals surface area contributed by atoms with E-state index in [1.807, 2.05) is 6.07 Å². The van der Waals surface area contributed by atoms with Gasteiger partial charge in [0, 0.05) is 12.0 Å². The van der Waals surface area contributed by atoms with Gasteiger partial charge in [-0.2, -0.15) is 0 Å². The molecule has 0 aliphatic heterocycles. The molecule has 0 aliphatic carbocycles. The fraction of sp³-hybridized carbons (Fsp3) is 0.333. The Hall–Kier alpha value is -2.14. The Balaban J connectivity index is 2.25. The van der Waals surface area contributed by atoms with Gasteiger partial charge in [0.15, 0.2) is 0 Å². The molecular weight excluding hydrogens is 260 g/mol. The zero-order valence-corrected chi connectivity index (χ0v) is 11.4. The summed E-state index contributed by atoms with van der Waals surface area (Å²) in [5, 5.41) is 9.63. The van der Waals surface area contributed by atoms with Crippen molar-refractivity contribution >= 4 is 11.9 Å². The quantitative estimate of drug-likeness (QED) is 0.468. The topological polar surface area (TPSA) is 72.8 Å². The molecule has 0 bridgehead atoms. The minimum absolute atomic E-state index is 0.0332. The highest BCUT2D eigenvalue weighted by atomic mass is 16.5. The number of benzene rings is 1. The largest absolute Gasteiger partial charge is 0.462 e. The van der Waals surface area contributed by atoms with Crippen molar-refractivity contribution in [2.45, 2.75) is 25.9 Å². The molecule has 5 heteroatoms. The van der Waals surface area contributed by atoms with Crippen LogP contribution in [0.3, 0.4) is 0 Å². The minimum Gasteiger partial charge on any atom is -0.462 e. The van der Waals surface area contributed by atoms with Crippen molar-refractivity contribution in [2.24, 2.45) is 0 Å². The number of hydrogen-bond acceptors (Lipinski definition) is 5. The van der Waals surface area contributed by atoms with Gasteiger partial charge in [-0.25, -0.2) is 4.79 Å². The zero-order valence-electron chi connectivity index (χ0n) is 11.4. The monoisotopic (exact) mass is 278 g/mol. The third-order valence-electron chi connectivity index (χ3n) is 2.41. The fourth-order valence-corrected chi connectivity index (χ4v) is 1.37. The molecule has 0 amide bonds. The van der Waals surface area contributed by atoms with Crippen LogP contribution in [0, 0.1) is 0 Å². The highest BCUT2D eigenvalue weighted by Gasteiger charge is 2.14. The molecule has 0 aromatic heterocycles. The number of carbonyl (C=O) groups is 2. The van der Waals surface area contributed by atoms with Crippen molar-refractivity contribution in [1.29, 1.82) is 0 Å². The first-order chi connectivity index (χ1) is 9.49. The molecule has 0 spiro atoms. The Bertz CT molecular complexity index is 466. The molecule has 0 heterocycles. The molecule has 20 heavy (non-hydrogen) atoms. The van der Waals surface area contributed by atoms with Gasteiger partial charge >= 0.3 is 11.9 Å². The molecule has 1 atom stereocenters. The Kier molecular flexibility index (Phi) is 6.46. The van der Waals surface area contributed by atoms with Crippen LogP contribution in [0.2, 0.25) is 0 Å². The molecule has 0 saturated carbocycles. The molecule has 0 aliphatic rings. The highest BCUT2D eigenvalue weighted by Crippen LogP contribution is 2.10. The van der Waals surface area contributed by atoms with Gasteiger partial charge in [-0.05, 0) is 19.1 Å². The SMILES string of the molecule is C=C(C)C(=O)OCCC(O)CC(=O)Oc1ccccc1. The van der Waals surface area contributed by atoms with Gasteiger partial charge < -0.3 is 14.6 Å². The van der Waals surface area contributed by atoms with E-state index in [9.17, 15) is 14.7 Å². The van der Waals surface area contributed by atoms with Gasteiger partial charge in [0.05, 0.1) is 19.1 Å². The average Bonchev–Trinajstić information content (AvgIpc) is 2.39. The van der Waals surface area contributed by atoms with Gasteiger partial charge in [-0.1, -0.05) is 24.8 Å². The van der Waals surface area contributed by atoms with Crippen molar-refractivity contribution < 1.29 is 24.2 Å². The summed E-state index contributed by atoms with van der Waals surface area (Å²) in [5.74, 6) is -0.614. The lowest BCUT2D eigenvalue weighted by molar-refractivity contribution is -0.140. The Morgan fingerprint density at radius 3 is 2.55 bits per heavy atom. The van der Waals surface area contributed by atoms with Crippen LogP contribution in [-0.2, 0) is 14.3 Å². The summed E-state index contributed by atoms with van der Waals surface area (Å²) in [6, 6.07) is 8.60. The maximum absolute atomic E-state index is 11.5. The normalized spacial score (nSPS) is 11.5. The van der Waals surface area contributed by atoms with Gasteiger partial charge in [0.25, 0.3) is 0 Å². The molecule has 108 valence electrons. The number of ether oxygens (including phenoxy) is 2. The van der Waals surface area contributed by atoms with Crippen molar-refractivity contribution in [1.82, 2.24) is 0 Å². The molecule has 0 fully saturated rings. The van der Waals surface area contributed by atoms with Crippen molar-refractivity contribution in [3.63, 3.8) is 0 Å². The summed E-state index contributed by atoms with van der Waals surface area (Å²) in [6.45, 7) is 5.01. The molecular formula is C15H18O5. The van der Waals surface area contributed by atoms with Crippen LogP contribution < -0.4 is 4.74 Å². The molecule has 1 aromatic rings. The first kappa shape index (κ1) is 15.9. The van der Waals surface area contributed by atoms with E-state index in [0.717, 1.165) is 0 Å². The van der Waals surface area contributed by atoms with Crippen molar-refractivity contribution in [2.75, 3.05) is 6.61 Å². The standard InChI is InChI=1S/C15H18O5/c1-11(2)15(18)19-9-8-12(16)10-14(17)20-13-6-4-3-5-7-13/h3-7,12,16H,1,8-10H2,2H3. The number of aliphatic hydroxyl groups excluding tert-OH is 1. The first-order valence-corrected chi connectivity index (χ1v) is 6.25. The van der Waals surface area contributed by atoms with Crippen LogP contribution in [-0.4, -0.2) is 29.8 Å². The van der Waals surface area contributed by atoms with Crippen molar-refractivity contribution in [3.05, 3.63) is 42.5 Å². The number of esters is 2. The average molecular weight is 278 g/mol. The van der Waals surface area contributed by atoms with Gasteiger partial charge in [0.2, 0.25) is 0 Å². The lowest BCUT2D eigenvalue weighted by Gasteiger charge is -2.10. The third kappa shape index (κ3) is 6.15. The molecule has 1 unspecified atom stereocenters. The minimum atomic E-state index is -0.913. The zero-order chi connectivity index (χ0) is 15.0. The van der Waals surface area contributed by atoms with E-state index in [0.29, 0.717) is 11.3 Å². The highest BCUT2D eigenvalue weighted by molar-refractivity contribution is 5.86. The van der Waals surface area contributed by atoms with E-state index in [1.165, 1.54) is 6.92 Å². The Labute approximate surface area is 117 Å². The molecule has 0 radical (unpaired) electrons. The number of hydrogen-bond donors (Lipinski definition) is 1. The summed E-state index contributed by atoms with van der Waals surface area (Å²) >= 11 is 0. The van der Waals surface area contributed by atoms with Gasteiger partial charge in [0.1, 0.15) is 5.75 Å². The van der Waals surface area contributed by atoms with Crippen LogP contribution in [0.5, 0.6) is 5.75 Å². The lowest BCUT2D eigenvalue weighted by atomic mass is 10.2. The van der Waals surface area contributed by atoms with E-state index >= 15 is 0 Å². The predicted molar refractivity (Wildman–Crippen MR) is 73.1 cm³/mol. The summed E-state index contributed by atoms with van der Waals surface area (Å²) in [6.07, 6.45) is -0.897. The van der Waals surface area contributed by atoms with Gasteiger partial charge in [-0.3, -0.25) is 4.79 Å². The maximum Gasteiger partial charge on any atom is 0.333 e. The fourth-order valence-electron chi connectivity index (χ4n) is 1.37. The lowest BCUT2D eigenvalue weighted by Crippen LogP contribution is -2.20. The predicted octanol–water partition coefficient (Wildman–Crippen LogP) is 1.85. The summed E-state index contributed by atoms with van der Waals surface area (Å²) in [7, 11) is 0. The van der Waals surface area contributed by atoms with E-state index in [1.54, 1.807) is 24.3 Å². The number of aliphatic hydroxyl groups is 1. The van der Waals surface area contributed by atoms with Crippen LogP contribution in [0.1, 0.15) is 19.8 Å².